The molecule has 0 unspecified atom stereocenters. The fourth-order valence-electron chi connectivity index (χ4n) is 1.12. The van der Waals surface area contributed by atoms with E-state index in [-0.39, 0.29) is 12.5 Å². The number of nitrogens with two attached hydrogens (primary N) is 1. The average Bonchev–Trinajstić information content (AvgIpc) is 2.56. The van der Waals surface area contributed by atoms with Crippen LogP contribution < -0.4 is 11.4 Å². The fourth-order valence-corrected chi connectivity index (χ4v) is 1.12. The van der Waals surface area contributed by atoms with Gasteiger partial charge in [-0.05, 0) is 0 Å². The summed E-state index contributed by atoms with van der Waals surface area (Å²) in [5, 5.41) is 0. The first kappa shape index (κ1) is 9.38. The third-order valence-electron chi connectivity index (χ3n) is 1.78. The van der Waals surface area contributed by atoms with Crippen molar-refractivity contribution in [1.82, 2.24) is 19.5 Å². The van der Waals surface area contributed by atoms with Crippen LogP contribution in [0.5, 0.6) is 0 Å². The van der Waals surface area contributed by atoms with E-state index in [1.54, 1.807) is 13.1 Å². The molecule has 15 heavy (non-hydrogen) atoms. The largest absolute Gasteiger partial charge is 0.444 e. The third-order valence-corrected chi connectivity index (χ3v) is 1.78. The highest BCUT2D eigenvalue weighted by molar-refractivity contribution is 5.10. The van der Waals surface area contributed by atoms with Gasteiger partial charge in [-0.1, -0.05) is 0 Å². The third kappa shape index (κ3) is 2.01. The topological polar surface area (TPSA) is 99.8 Å². The van der Waals surface area contributed by atoms with E-state index < -0.39 is 5.69 Å². The molecule has 0 aliphatic heterocycles. The van der Waals surface area contributed by atoms with Crippen molar-refractivity contribution in [1.29, 1.82) is 0 Å². The Labute approximate surface area is 84.6 Å². The summed E-state index contributed by atoms with van der Waals surface area (Å²) in [7, 11) is 0. The number of hydrogen-bond acceptors (Lipinski definition) is 6. The lowest BCUT2D eigenvalue weighted by Crippen LogP contribution is -2.24. The van der Waals surface area contributed by atoms with E-state index in [1.807, 2.05) is 0 Å². The Kier molecular flexibility index (Phi) is 2.20. The second kappa shape index (κ2) is 3.52. The van der Waals surface area contributed by atoms with Crippen molar-refractivity contribution in [2.24, 2.45) is 0 Å². The monoisotopic (exact) mass is 207 g/mol. The first-order chi connectivity index (χ1) is 7.15. The van der Waals surface area contributed by atoms with Gasteiger partial charge in [-0.15, -0.1) is 0 Å². The van der Waals surface area contributed by atoms with E-state index in [2.05, 4.69) is 15.0 Å². The molecule has 0 spiro atoms. The Morgan fingerprint density at radius 2 is 2.33 bits per heavy atom. The number of aromatic nitrogens is 4. The molecule has 0 aliphatic carbocycles. The molecule has 7 heteroatoms. The van der Waals surface area contributed by atoms with Gasteiger partial charge >= 0.3 is 5.69 Å². The highest BCUT2D eigenvalue weighted by Gasteiger charge is 2.04. The van der Waals surface area contributed by atoms with Gasteiger partial charge in [-0.3, -0.25) is 4.57 Å². The van der Waals surface area contributed by atoms with Crippen LogP contribution in [0.25, 0.3) is 0 Å². The lowest BCUT2D eigenvalue weighted by atomic mass is 10.5. The minimum atomic E-state index is -0.462. The summed E-state index contributed by atoms with van der Waals surface area (Å²) in [6.07, 6.45) is 2.88. The van der Waals surface area contributed by atoms with Crippen molar-refractivity contribution >= 4 is 5.95 Å². The lowest BCUT2D eigenvalue weighted by Gasteiger charge is -2.00. The minimum absolute atomic E-state index is 0.0370. The van der Waals surface area contributed by atoms with E-state index in [4.69, 9.17) is 10.2 Å². The number of nitrogens with zero attached hydrogens (tertiary/aromatic N) is 4. The number of rotatable bonds is 2. The van der Waals surface area contributed by atoms with Crippen LogP contribution in [-0.2, 0) is 6.54 Å². The van der Waals surface area contributed by atoms with E-state index in [9.17, 15) is 4.79 Å². The average molecular weight is 207 g/mol. The number of anilines is 1. The molecule has 0 atom stereocenters. The molecule has 7 nitrogen and oxygen atoms in total. The highest BCUT2D eigenvalue weighted by Crippen LogP contribution is 2.02. The van der Waals surface area contributed by atoms with Crippen LogP contribution in [0, 0.1) is 6.92 Å². The van der Waals surface area contributed by atoms with Gasteiger partial charge in [0.05, 0.1) is 12.7 Å². The number of nitrogen functional groups attached to an aromatic ring is 1. The van der Waals surface area contributed by atoms with Gasteiger partial charge in [0.15, 0.2) is 5.89 Å². The van der Waals surface area contributed by atoms with E-state index >= 15 is 0 Å². The van der Waals surface area contributed by atoms with Crippen molar-refractivity contribution in [3.63, 3.8) is 0 Å². The van der Waals surface area contributed by atoms with Gasteiger partial charge in [0.1, 0.15) is 12.1 Å². The van der Waals surface area contributed by atoms with Gasteiger partial charge in [-0.25, -0.2) is 14.8 Å². The molecule has 2 N–H and O–H groups in total. The van der Waals surface area contributed by atoms with Crippen molar-refractivity contribution in [3.8, 4) is 0 Å². The molecule has 0 amide bonds. The first-order valence-corrected chi connectivity index (χ1v) is 4.25. The van der Waals surface area contributed by atoms with Gasteiger partial charge in [0, 0.05) is 6.92 Å². The molecule has 0 bridgehead atoms. The summed E-state index contributed by atoms with van der Waals surface area (Å²) in [4.78, 5) is 22.4. The van der Waals surface area contributed by atoms with Crippen molar-refractivity contribution in [3.05, 3.63) is 34.7 Å². The second-order valence-corrected chi connectivity index (χ2v) is 2.97. The fraction of sp³-hybridized carbons (Fsp3) is 0.250. The van der Waals surface area contributed by atoms with Crippen LogP contribution >= 0.6 is 0 Å². The van der Waals surface area contributed by atoms with Gasteiger partial charge < -0.3 is 10.2 Å². The molecule has 0 saturated carbocycles. The molecule has 78 valence electrons. The summed E-state index contributed by atoms with van der Waals surface area (Å²) < 4.78 is 6.50. The summed E-state index contributed by atoms with van der Waals surface area (Å²) in [6.45, 7) is 1.98. The predicted octanol–water partition coefficient (Wildman–Crippen LogP) is -0.435. The normalized spacial score (nSPS) is 10.5. The predicted molar refractivity (Wildman–Crippen MR) is 51.0 cm³/mol. The van der Waals surface area contributed by atoms with Crippen LogP contribution in [0.15, 0.2) is 21.7 Å². The van der Waals surface area contributed by atoms with E-state index in [0.717, 1.165) is 0 Å². The Morgan fingerprint density at radius 3 is 2.93 bits per heavy atom. The maximum absolute atomic E-state index is 11.3. The molecule has 2 aromatic rings. The zero-order chi connectivity index (χ0) is 10.8. The summed E-state index contributed by atoms with van der Waals surface area (Å²) in [5.74, 6) is 1.09. The summed E-state index contributed by atoms with van der Waals surface area (Å²) in [5.41, 5.74) is 4.79. The summed E-state index contributed by atoms with van der Waals surface area (Å²) in [6, 6.07) is 0. The van der Waals surface area contributed by atoms with E-state index in [1.165, 1.54) is 10.9 Å². The maximum atomic E-state index is 11.3. The van der Waals surface area contributed by atoms with Crippen molar-refractivity contribution < 1.29 is 4.42 Å². The quantitative estimate of drug-likeness (QED) is 0.716. The number of hydrogen-bond donors (Lipinski definition) is 1. The molecule has 0 radical (unpaired) electrons. The number of aryl methyl sites for hydroxylation is 1. The molecule has 2 aromatic heterocycles. The van der Waals surface area contributed by atoms with Gasteiger partial charge in [-0.2, -0.15) is 4.98 Å². The SMILES string of the molecule is Cc1ncc(Cn2cnc(N)nc2=O)o1. The molecule has 0 saturated heterocycles. The van der Waals surface area contributed by atoms with Gasteiger partial charge in [0.25, 0.3) is 0 Å². The highest BCUT2D eigenvalue weighted by atomic mass is 16.4. The second-order valence-electron chi connectivity index (χ2n) is 2.97. The Bertz CT molecular complexity index is 530. The molecule has 2 rings (SSSR count). The van der Waals surface area contributed by atoms with Crippen LogP contribution in [0.3, 0.4) is 0 Å². The molecule has 0 fully saturated rings. The Balaban J connectivity index is 2.28. The maximum Gasteiger partial charge on any atom is 0.352 e. The zero-order valence-corrected chi connectivity index (χ0v) is 8.04. The van der Waals surface area contributed by atoms with Crippen LogP contribution in [0.4, 0.5) is 5.95 Å². The van der Waals surface area contributed by atoms with Crippen LogP contribution in [0.2, 0.25) is 0 Å². The number of oxazole rings is 1. The standard InChI is InChI=1S/C8H9N5O2/c1-5-10-2-6(15-5)3-13-4-11-7(9)12-8(13)14/h2,4H,3H2,1H3,(H2,9,12,14). The molecular formula is C8H9N5O2. The van der Waals surface area contributed by atoms with Crippen LogP contribution in [0.1, 0.15) is 11.7 Å². The molecule has 0 aromatic carbocycles. The van der Waals surface area contributed by atoms with E-state index in [0.29, 0.717) is 11.7 Å². The Morgan fingerprint density at radius 1 is 1.53 bits per heavy atom. The smallest absolute Gasteiger partial charge is 0.352 e. The molecular weight excluding hydrogens is 198 g/mol. The molecule has 2 heterocycles. The van der Waals surface area contributed by atoms with Crippen LogP contribution in [-0.4, -0.2) is 19.5 Å². The molecule has 0 aliphatic rings. The van der Waals surface area contributed by atoms with Crippen molar-refractivity contribution in [2.75, 3.05) is 5.73 Å². The minimum Gasteiger partial charge on any atom is -0.444 e. The first-order valence-electron chi connectivity index (χ1n) is 4.25. The lowest BCUT2D eigenvalue weighted by molar-refractivity contribution is 0.457. The Hall–Kier alpha value is -2.18. The van der Waals surface area contributed by atoms with Crippen molar-refractivity contribution in [2.45, 2.75) is 13.5 Å². The zero-order valence-electron chi connectivity index (χ0n) is 8.04. The van der Waals surface area contributed by atoms with Gasteiger partial charge in [0.2, 0.25) is 5.95 Å². The summed E-state index contributed by atoms with van der Waals surface area (Å²) >= 11 is 0.